The van der Waals surface area contributed by atoms with Crippen molar-refractivity contribution in [3.63, 3.8) is 0 Å². The summed E-state index contributed by atoms with van der Waals surface area (Å²) < 4.78 is 13.6. The van der Waals surface area contributed by atoms with E-state index in [1.807, 2.05) is 27.7 Å². The third-order valence-corrected chi connectivity index (χ3v) is 2.48. The summed E-state index contributed by atoms with van der Waals surface area (Å²) in [5.74, 6) is 0.778. The normalized spacial score (nSPS) is 11.2. The van der Waals surface area contributed by atoms with E-state index in [1.165, 1.54) is 6.07 Å². The highest BCUT2D eigenvalue weighted by atomic mass is 19.1. The molecule has 0 saturated carbocycles. The van der Waals surface area contributed by atoms with E-state index in [9.17, 15) is 4.39 Å². The predicted molar refractivity (Wildman–Crippen MR) is 79.8 cm³/mol. The molecular weight excluding hydrogens is 255 g/mol. The number of halogens is 1. The molecule has 1 aromatic carbocycles. The second-order valence-electron chi connectivity index (χ2n) is 5.70. The van der Waals surface area contributed by atoms with Crippen molar-refractivity contribution in [3.05, 3.63) is 41.8 Å². The van der Waals surface area contributed by atoms with Crippen molar-refractivity contribution in [1.29, 1.82) is 0 Å². The van der Waals surface area contributed by atoms with E-state index in [-0.39, 0.29) is 11.4 Å². The first-order valence-corrected chi connectivity index (χ1v) is 6.49. The van der Waals surface area contributed by atoms with Gasteiger partial charge in [-0.2, -0.15) is 4.98 Å². The summed E-state index contributed by atoms with van der Waals surface area (Å²) in [5, 5.41) is 6.18. The summed E-state index contributed by atoms with van der Waals surface area (Å²) in [6.07, 6.45) is 0. The Hall–Kier alpha value is -2.17. The summed E-state index contributed by atoms with van der Waals surface area (Å²) >= 11 is 0. The lowest BCUT2D eigenvalue weighted by Gasteiger charge is -2.21. The zero-order valence-corrected chi connectivity index (χ0v) is 12.2. The molecule has 4 nitrogen and oxygen atoms in total. The molecule has 0 unspecified atom stereocenters. The van der Waals surface area contributed by atoms with Crippen LogP contribution in [-0.4, -0.2) is 15.5 Å². The fourth-order valence-electron chi connectivity index (χ4n) is 1.72. The SMILES string of the molecule is Cc1cc(Nc2ccccc2F)nc(NC(C)(C)C)n1. The summed E-state index contributed by atoms with van der Waals surface area (Å²) in [5.41, 5.74) is 1.07. The maximum absolute atomic E-state index is 13.6. The number of hydrogen-bond donors (Lipinski definition) is 2. The van der Waals surface area contributed by atoms with Gasteiger partial charge in [0.1, 0.15) is 11.6 Å². The van der Waals surface area contributed by atoms with Crippen LogP contribution in [-0.2, 0) is 0 Å². The predicted octanol–water partition coefficient (Wildman–Crippen LogP) is 3.88. The molecule has 0 aliphatic heterocycles. The molecule has 0 aliphatic rings. The molecule has 2 aromatic rings. The largest absolute Gasteiger partial charge is 0.350 e. The van der Waals surface area contributed by atoms with E-state index in [0.717, 1.165) is 5.69 Å². The Balaban J connectivity index is 2.27. The summed E-state index contributed by atoms with van der Waals surface area (Å²) in [7, 11) is 0. The summed E-state index contributed by atoms with van der Waals surface area (Å²) in [4.78, 5) is 8.68. The van der Waals surface area contributed by atoms with Crippen LogP contribution >= 0.6 is 0 Å². The van der Waals surface area contributed by atoms with Gasteiger partial charge in [0.05, 0.1) is 5.69 Å². The van der Waals surface area contributed by atoms with Crippen molar-refractivity contribution < 1.29 is 4.39 Å². The lowest BCUT2D eigenvalue weighted by molar-refractivity contribution is 0.625. The van der Waals surface area contributed by atoms with Gasteiger partial charge in [-0.1, -0.05) is 12.1 Å². The molecule has 0 radical (unpaired) electrons. The van der Waals surface area contributed by atoms with Gasteiger partial charge in [0.2, 0.25) is 5.95 Å². The van der Waals surface area contributed by atoms with Gasteiger partial charge in [-0.15, -0.1) is 0 Å². The average molecular weight is 274 g/mol. The fourth-order valence-corrected chi connectivity index (χ4v) is 1.72. The van der Waals surface area contributed by atoms with Crippen LogP contribution in [0.4, 0.5) is 21.8 Å². The minimum Gasteiger partial charge on any atom is -0.350 e. The first-order valence-electron chi connectivity index (χ1n) is 6.49. The van der Waals surface area contributed by atoms with Crippen molar-refractivity contribution in [3.8, 4) is 0 Å². The quantitative estimate of drug-likeness (QED) is 0.891. The number of nitrogens with one attached hydrogen (secondary N) is 2. The van der Waals surface area contributed by atoms with Crippen molar-refractivity contribution in [2.45, 2.75) is 33.2 Å². The van der Waals surface area contributed by atoms with Gasteiger partial charge in [-0.25, -0.2) is 9.37 Å². The van der Waals surface area contributed by atoms with Crippen molar-refractivity contribution in [2.75, 3.05) is 10.6 Å². The van der Waals surface area contributed by atoms with E-state index in [1.54, 1.807) is 24.3 Å². The Morgan fingerprint density at radius 2 is 1.80 bits per heavy atom. The van der Waals surface area contributed by atoms with Crippen molar-refractivity contribution in [1.82, 2.24) is 9.97 Å². The maximum atomic E-state index is 13.6. The molecule has 0 saturated heterocycles. The topological polar surface area (TPSA) is 49.8 Å². The van der Waals surface area contributed by atoms with Gasteiger partial charge < -0.3 is 10.6 Å². The highest BCUT2D eigenvalue weighted by Gasteiger charge is 2.12. The van der Waals surface area contributed by atoms with Gasteiger partial charge in [0, 0.05) is 17.3 Å². The Bertz CT molecular complexity index is 605. The van der Waals surface area contributed by atoms with E-state index < -0.39 is 0 Å². The molecule has 106 valence electrons. The number of hydrogen-bond acceptors (Lipinski definition) is 4. The van der Waals surface area contributed by atoms with Gasteiger partial charge in [0.15, 0.2) is 0 Å². The second kappa shape index (κ2) is 5.45. The van der Waals surface area contributed by atoms with E-state index >= 15 is 0 Å². The van der Waals surface area contributed by atoms with Gasteiger partial charge in [-0.3, -0.25) is 0 Å². The first kappa shape index (κ1) is 14.2. The van der Waals surface area contributed by atoms with E-state index in [4.69, 9.17) is 0 Å². The number of aromatic nitrogens is 2. The Morgan fingerprint density at radius 1 is 1.10 bits per heavy atom. The Labute approximate surface area is 118 Å². The molecule has 5 heteroatoms. The number of para-hydroxylation sites is 1. The number of anilines is 3. The van der Waals surface area contributed by atoms with Crippen LogP contribution in [0.3, 0.4) is 0 Å². The van der Waals surface area contributed by atoms with Gasteiger partial charge in [0.25, 0.3) is 0 Å². The molecule has 0 amide bonds. The third-order valence-electron chi connectivity index (χ3n) is 2.48. The zero-order valence-electron chi connectivity index (χ0n) is 12.2. The minimum atomic E-state index is -0.311. The van der Waals surface area contributed by atoms with Crippen LogP contribution in [0.25, 0.3) is 0 Å². The third kappa shape index (κ3) is 3.91. The highest BCUT2D eigenvalue weighted by Crippen LogP contribution is 2.20. The first-order chi connectivity index (χ1) is 9.33. The lowest BCUT2D eigenvalue weighted by atomic mass is 10.1. The Kier molecular flexibility index (Phi) is 3.88. The molecule has 1 aromatic heterocycles. The molecule has 0 aliphatic carbocycles. The van der Waals surface area contributed by atoms with Gasteiger partial charge in [-0.05, 0) is 39.8 Å². The maximum Gasteiger partial charge on any atom is 0.225 e. The molecule has 0 fully saturated rings. The molecule has 0 bridgehead atoms. The monoisotopic (exact) mass is 274 g/mol. The van der Waals surface area contributed by atoms with Crippen LogP contribution in [0, 0.1) is 12.7 Å². The van der Waals surface area contributed by atoms with Crippen LogP contribution in [0.1, 0.15) is 26.5 Å². The van der Waals surface area contributed by atoms with Crippen molar-refractivity contribution >= 4 is 17.5 Å². The molecule has 0 spiro atoms. The van der Waals surface area contributed by atoms with E-state index in [2.05, 4.69) is 20.6 Å². The number of rotatable bonds is 3. The molecule has 1 heterocycles. The molecular formula is C15H19FN4. The Morgan fingerprint density at radius 3 is 2.45 bits per heavy atom. The van der Waals surface area contributed by atoms with Crippen molar-refractivity contribution in [2.24, 2.45) is 0 Å². The van der Waals surface area contributed by atoms with Crippen LogP contribution in [0.5, 0.6) is 0 Å². The molecule has 2 rings (SSSR count). The second-order valence-corrected chi connectivity index (χ2v) is 5.70. The van der Waals surface area contributed by atoms with Crippen LogP contribution in [0.15, 0.2) is 30.3 Å². The van der Waals surface area contributed by atoms with Crippen LogP contribution in [0.2, 0.25) is 0 Å². The highest BCUT2D eigenvalue weighted by molar-refractivity contribution is 5.58. The number of nitrogens with zero attached hydrogens (tertiary/aromatic N) is 2. The average Bonchev–Trinajstić information content (AvgIpc) is 2.29. The summed E-state index contributed by atoms with van der Waals surface area (Å²) in [6.45, 7) is 7.97. The van der Waals surface area contributed by atoms with Gasteiger partial charge >= 0.3 is 0 Å². The number of aryl methyl sites for hydroxylation is 1. The molecule has 0 atom stereocenters. The number of benzene rings is 1. The fraction of sp³-hybridized carbons (Fsp3) is 0.333. The molecule has 2 N–H and O–H groups in total. The molecule has 20 heavy (non-hydrogen) atoms. The zero-order chi connectivity index (χ0) is 14.8. The minimum absolute atomic E-state index is 0.136. The smallest absolute Gasteiger partial charge is 0.225 e. The summed E-state index contributed by atoms with van der Waals surface area (Å²) in [6, 6.07) is 8.28. The van der Waals surface area contributed by atoms with E-state index in [0.29, 0.717) is 17.5 Å². The lowest BCUT2D eigenvalue weighted by Crippen LogP contribution is -2.27. The van der Waals surface area contributed by atoms with Crippen LogP contribution < -0.4 is 10.6 Å². The standard InChI is InChI=1S/C15H19FN4/c1-10-9-13(18-12-8-6-5-7-11(12)16)19-14(17-10)20-15(2,3)4/h5-9H,1-4H3,(H2,17,18,19,20).